The molecule has 0 radical (unpaired) electrons. The monoisotopic (exact) mass is 310 g/mol. The summed E-state index contributed by atoms with van der Waals surface area (Å²) < 4.78 is 11.1. The van der Waals surface area contributed by atoms with Crippen LogP contribution in [0.2, 0.25) is 0 Å². The van der Waals surface area contributed by atoms with Crippen LogP contribution in [-0.4, -0.2) is 32.1 Å². The molecular weight excluding hydrogens is 288 g/mol. The first-order valence-electron chi connectivity index (χ1n) is 7.56. The van der Waals surface area contributed by atoms with Crippen LogP contribution in [0.3, 0.4) is 0 Å². The first-order valence-corrected chi connectivity index (χ1v) is 8.38. The van der Waals surface area contributed by atoms with Crippen molar-refractivity contribution in [1.29, 1.82) is 0 Å². The molecule has 0 bridgehead atoms. The number of hydrogen-bond donors (Lipinski definition) is 2. The zero-order valence-corrected chi connectivity index (χ0v) is 13.1. The molecule has 1 aromatic rings. The number of ketones is 1. The average molecular weight is 310 g/mol. The molecule has 1 aliphatic heterocycles. The van der Waals surface area contributed by atoms with Crippen molar-refractivity contribution in [2.75, 3.05) is 31.3 Å². The van der Waals surface area contributed by atoms with E-state index in [0.29, 0.717) is 16.3 Å². The third-order valence-electron chi connectivity index (χ3n) is 4.04. The largest absolute Gasteiger partial charge is 0.492 e. The lowest BCUT2D eigenvalue weighted by atomic mass is 10.1. The number of nitrogen functional groups attached to an aromatic ring is 1. The Balaban J connectivity index is 1.71. The number of carbonyl (C=O) groups excluding carboxylic acids is 1. The van der Waals surface area contributed by atoms with Gasteiger partial charge in [0.2, 0.25) is 0 Å². The molecule has 3 N–H and O–H groups in total. The maximum atomic E-state index is 12.2. The highest BCUT2D eigenvalue weighted by Crippen LogP contribution is 2.46. The highest BCUT2D eigenvalue weighted by Gasteiger charge is 2.34. The molecule has 6 heteroatoms. The fourth-order valence-corrected chi connectivity index (χ4v) is 3.75. The maximum absolute atomic E-state index is 12.2. The van der Waals surface area contributed by atoms with Crippen LogP contribution in [0, 0.1) is 5.92 Å². The number of hydrogen-bond acceptors (Lipinski definition) is 6. The van der Waals surface area contributed by atoms with Crippen LogP contribution in [0.4, 0.5) is 10.7 Å². The summed E-state index contributed by atoms with van der Waals surface area (Å²) in [5, 5.41) is 4.19. The molecule has 1 unspecified atom stereocenters. The SMILES string of the molecule is COc1c(NCC2CCCCO2)sc(C(=O)C2CC2)c1N. The summed E-state index contributed by atoms with van der Waals surface area (Å²) in [6.45, 7) is 1.56. The molecule has 2 aliphatic rings. The third kappa shape index (κ3) is 3.16. The van der Waals surface area contributed by atoms with Crippen LogP contribution < -0.4 is 15.8 Å². The Morgan fingerprint density at radius 1 is 1.43 bits per heavy atom. The topological polar surface area (TPSA) is 73.6 Å². The molecule has 3 rings (SSSR count). The highest BCUT2D eigenvalue weighted by molar-refractivity contribution is 7.19. The minimum absolute atomic E-state index is 0.165. The second kappa shape index (κ2) is 6.23. The maximum Gasteiger partial charge on any atom is 0.178 e. The van der Waals surface area contributed by atoms with E-state index in [1.807, 2.05) is 0 Å². The first-order chi connectivity index (χ1) is 10.2. The molecular formula is C15H22N2O3S. The van der Waals surface area contributed by atoms with E-state index < -0.39 is 0 Å². The summed E-state index contributed by atoms with van der Waals surface area (Å²) in [5.74, 6) is 0.933. The first kappa shape index (κ1) is 14.7. The summed E-state index contributed by atoms with van der Waals surface area (Å²) in [6, 6.07) is 0. The van der Waals surface area contributed by atoms with Gasteiger partial charge in [-0.1, -0.05) is 0 Å². The van der Waals surface area contributed by atoms with Crippen LogP contribution >= 0.6 is 11.3 Å². The molecule has 116 valence electrons. The molecule has 0 aromatic carbocycles. The minimum atomic E-state index is 0.165. The smallest absolute Gasteiger partial charge is 0.178 e. The molecule has 1 saturated heterocycles. The van der Waals surface area contributed by atoms with E-state index in [9.17, 15) is 4.79 Å². The van der Waals surface area contributed by atoms with Crippen LogP contribution in [0.15, 0.2) is 0 Å². The van der Waals surface area contributed by atoms with Gasteiger partial charge in [0.05, 0.1) is 23.8 Å². The molecule has 2 fully saturated rings. The van der Waals surface area contributed by atoms with E-state index in [0.717, 1.165) is 43.8 Å². The second-order valence-corrected chi connectivity index (χ2v) is 6.74. The van der Waals surface area contributed by atoms with Crippen LogP contribution in [0.25, 0.3) is 0 Å². The van der Waals surface area contributed by atoms with Gasteiger partial charge in [-0.25, -0.2) is 0 Å². The molecule has 5 nitrogen and oxygen atoms in total. The molecule has 1 aliphatic carbocycles. The summed E-state index contributed by atoms with van der Waals surface area (Å²) in [4.78, 5) is 12.9. The Hall–Kier alpha value is -1.27. The molecule has 0 spiro atoms. The number of methoxy groups -OCH3 is 1. The van der Waals surface area contributed by atoms with Crippen molar-refractivity contribution in [2.45, 2.75) is 38.2 Å². The Morgan fingerprint density at radius 2 is 2.24 bits per heavy atom. The van der Waals surface area contributed by atoms with E-state index in [2.05, 4.69) is 5.32 Å². The minimum Gasteiger partial charge on any atom is -0.492 e. The quantitative estimate of drug-likeness (QED) is 0.790. The van der Waals surface area contributed by atoms with Crippen molar-refractivity contribution >= 4 is 27.8 Å². The predicted molar refractivity (Wildman–Crippen MR) is 84.4 cm³/mol. The van der Waals surface area contributed by atoms with Crippen LogP contribution in [0.5, 0.6) is 5.75 Å². The summed E-state index contributed by atoms with van der Waals surface area (Å²) >= 11 is 1.41. The highest BCUT2D eigenvalue weighted by atomic mass is 32.1. The van der Waals surface area contributed by atoms with Gasteiger partial charge in [0.25, 0.3) is 0 Å². The van der Waals surface area contributed by atoms with Crippen molar-refractivity contribution in [3.63, 3.8) is 0 Å². The number of carbonyl (C=O) groups is 1. The van der Waals surface area contributed by atoms with Crippen molar-refractivity contribution in [1.82, 2.24) is 0 Å². The summed E-state index contributed by atoms with van der Waals surface area (Å²) in [5.41, 5.74) is 6.56. The van der Waals surface area contributed by atoms with Gasteiger partial charge in [-0.15, -0.1) is 11.3 Å². The second-order valence-electron chi connectivity index (χ2n) is 5.72. The number of nitrogens with one attached hydrogen (secondary N) is 1. The number of rotatable bonds is 6. The fourth-order valence-electron chi connectivity index (χ4n) is 2.64. The zero-order chi connectivity index (χ0) is 14.8. The normalized spacial score (nSPS) is 22.0. The van der Waals surface area contributed by atoms with E-state index >= 15 is 0 Å². The Morgan fingerprint density at radius 3 is 2.86 bits per heavy atom. The average Bonchev–Trinajstić information content (AvgIpc) is 3.30. The van der Waals surface area contributed by atoms with E-state index in [-0.39, 0.29) is 17.8 Å². The number of Topliss-reactive ketones (excluding diaryl/α,β-unsaturated/α-hetero) is 1. The van der Waals surface area contributed by atoms with Crippen LogP contribution in [-0.2, 0) is 4.74 Å². The van der Waals surface area contributed by atoms with Crippen molar-refractivity contribution in [3.05, 3.63) is 4.88 Å². The Labute approximate surface area is 128 Å². The molecule has 1 aromatic heterocycles. The molecule has 0 amide bonds. The number of nitrogens with two attached hydrogens (primary N) is 1. The molecule has 2 heterocycles. The van der Waals surface area contributed by atoms with Gasteiger partial charge in [0.1, 0.15) is 5.00 Å². The van der Waals surface area contributed by atoms with Gasteiger partial charge < -0.3 is 20.5 Å². The lowest BCUT2D eigenvalue weighted by Crippen LogP contribution is -2.26. The lowest BCUT2D eigenvalue weighted by molar-refractivity contribution is 0.0248. The van der Waals surface area contributed by atoms with E-state index in [4.69, 9.17) is 15.2 Å². The molecule has 1 saturated carbocycles. The fraction of sp³-hybridized carbons (Fsp3) is 0.667. The molecule has 21 heavy (non-hydrogen) atoms. The van der Waals surface area contributed by atoms with Crippen molar-refractivity contribution in [3.8, 4) is 5.75 Å². The zero-order valence-electron chi connectivity index (χ0n) is 12.3. The Kier molecular flexibility index (Phi) is 4.35. The van der Waals surface area contributed by atoms with Gasteiger partial charge in [0, 0.05) is 19.1 Å². The van der Waals surface area contributed by atoms with Gasteiger partial charge in [-0.2, -0.15) is 0 Å². The third-order valence-corrected chi connectivity index (χ3v) is 5.20. The van der Waals surface area contributed by atoms with Gasteiger partial charge >= 0.3 is 0 Å². The predicted octanol–water partition coefficient (Wildman–Crippen LogP) is 2.91. The Bertz CT molecular complexity index is 519. The van der Waals surface area contributed by atoms with E-state index in [1.54, 1.807) is 7.11 Å². The standard InChI is InChI=1S/C15H22N2O3S/c1-19-13-11(16)14(12(18)9-5-6-9)21-15(13)17-8-10-4-2-3-7-20-10/h9-10,17H,2-8,16H2,1H3. The molecule has 1 atom stereocenters. The number of ether oxygens (including phenoxy) is 2. The van der Waals surface area contributed by atoms with Gasteiger partial charge in [-0.3, -0.25) is 4.79 Å². The van der Waals surface area contributed by atoms with E-state index in [1.165, 1.54) is 17.8 Å². The summed E-state index contributed by atoms with van der Waals surface area (Å²) in [6.07, 6.45) is 5.63. The van der Waals surface area contributed by atoms with Gasteiger partial charge in [-0.05, 0) is 32.1 Å². The number of thiophene rings is 1. The lowest BCUT2D eigenvalue weighted by Gasteiger charge is -2.23. The van der Waals surface area contributed by atoms with Gasteiger partial charge in [0.15, 0.2) is 11.5 Å². The van der Waals surface area contributed by atoms with Crippen molar-refractivity contribution < 1.29 is 14.3 Å². The number of anilines is 2. The van der Waals surface area contributed by atoms with Crippen molar-refractivity contribution in [2.24, 2.45) is 5.92 Å². The van der Waals surface area contributed by atoms with Crippen LogP contribution in [0.1, 0.15) is 41.8 Å². The summed E-state index contributed by atoms with van der Waals surface area (Å²) in [7, 11) is 1.59.